The first-order chi connectivity index (χ1) is 9.54. The summed E-state index contributed by atoms with van der Waals surface area (Å²) in [7, 11) is 3.02. The van der Waals surface area contributed by atoms with E-state index in [0.29, 0.717) is 28.6 Å². The maximum atomic E-state index is 11.8. The number of likely N-dealkylation sites (N-methyl/N-ethyl adjacent to an activating group) is 1. The van der Waals surface area contributed by atoms with Gasteiger partial charge in [0.1, 0.15) is 11.9 Å². The Kier molecular flexibility index (Phi) is 4.04. The SMILES string of the molecule is CCN1C(=O)NC(=N)C1c1ccc(OC)c(OC)c1Cl. The van der Waals surface area contributed by atoms with Crippen molar-refractivity contribution in [3.8, 4) is 11.5 Å². The smallest absolute Gasteiger partial charge is 0.323 e. The Labute approximate surface area is 122 Å². The molecule has 1 atom stereocenters. The number of methoxy groups -OCH3 is 2. The monoisotopic (exact) mass is 297 g/mol. The second-order valence-electron chi connectivity index (χ2n) is 4.24. The van der Waals surface area contributed by atoms with Gasteiger partial charge in [-0.2, -0.15) is 0 Å². The predicted octanol–water partition coefficient (Wildman–Crippen LogP) is 2.42. The minimum absolute atomic E-state index is 0.103. The minimum atomic E-state index is -0.528. The molecular weight excluding hydrogens is 282 g/mol. The van der Waals surface area contributed by atoms with Crippen LogP contribution in [0.3, 0.4) is 0 Å². The number of rotatable bonds is 4. The lowest BCUT2D eigenvalue weighted by Crippen LogP contribution is -2.29. The van der Waals surface area contributed by atoms with Gasteiger partial charge in [0.25, 0.3) is 0 Å². The van der Waals surface area contributed by atoms with Gasteiger partial charge in [-0.1, -0.05) is 17.7 Å². The van der Waals surface area contributed by atoms with Crippen LogP contribution in [0.25, 0.3) is 0 Å². The fraction of sp³-hybridized carbons (Fsp3) is 0.385. The van der Waals surface area contributed by atoms with Gasteiger partial charge in [0.15, 0.2) is 11.5 Å². The summed E-state index contributed by atoms with van der Waals surface area (Å²) >= 11 is 6.34. The van der Waals surface area contributed by atoms with Crippen LogP contribution >= 0.6 is 11.6 Å². The first-order valence-electron chi connectivity index (χ1n) is 6.11. The third-order valence-corrected chi connectivity index (χ3v) is 3.63. The van der Waals surface area contributed by atoms with E-state index in [2.05, 4.69) is 5.32 Å². The molecule has 2 rings (SSSR count). The molecule has 1 unspecified atom stereocenters. The molecule has 0 radical (unpaired) electrons. The number of ether oxygens (including phenoxy) is 2. The molecule has 0 bridgehead atoms. The van der Waals surface area contributed by atoms with Crippen LogP contribution in [-0.4, -0.2) is 37.5 Å². The largest absolute Gasteiger partial charge is 0.493 e. The minimum Gasteiger partial charge on any atom is -0.493 e. The molecular formula is C13H16ClN3O3. The van der Waals surface area contributed by atoms with E-state index in [0.717, 1.165) is 0 Å². The Morgan fingerprint density at radius 3 is 2.65 bits per heavy atom. The van der Waals surface area contributed by atoms with Crippen LogP contribution in [-0.2, 0) is 0 Å². The van der Waals surface area contributed by atoms with Gasteiger partial charge in [-0.3, -0.25) is 10.7 Å². The zero-order chi connectivity index (χ0) is 14.9. The zero-order valence-electron chi connectivity index (χ0n) is 11.5. The lowest BCUT2D eigenvalue weighted by molar-refractivity contribution is 0.209. The number of benzene rings is 1. The second-order valence-corrected chi connectivity index (χ2v) is 4.61. The summed E-state index contributed by atoms with van der Waals surface area (Å²) in [5.41, 5.74) is 0.634. The number of amidine groups is 1. The molecule has 1 aromatic rings. The van der Waals surface area contributed by atoms with Crippen LogP contribution in [0.15, 0.2) is 12.1 Å². The van der Waals surface area contributed by atoms with Crippen molar-refractivity contribution in [3.63, 3.8) is 0 Å². The highest BCUT2D eigenvalue weighted by Gasteiger charge is 2.37. The van der Waals surface area contributed by atoms with E-state index in [-0.39, 0.29) is 11.9 Å². The van der Waals surface area contributed by atoms with Crippen molar-refractivity contribution in [1.29, 1.82) is 5.41 Å². The summed E-state index contributed by atoms with van der Waals surface area (Å²) in [5, 5.41) is 10.8. The van der Waals surface area contributed by atoms with Gasteiger partial charge in [-0.15, -0.1) is 0 Å². The van der Waals surface area contributed by atoms with Crippen molar-refractivity contribution >= 4 is 23.5 Å². The van der Waals surface area contributed by atoms with Crippen molar-refractivity contribution in [1.82, 2.24) is 10.2 Å². The molecule has 0 aliphatic carbocycles. The molecule has 1 aromatic carbocycles. The molecule has 1 aliphatic heterocycles. The normalized spacial score (nSPS) is 18.2. The van der Waals surface area contributed by atoms with Crippen LogP contribution < -0.4 is 14.8 Å². The average molecular weight is 298 g/mol. The van der Waals surface area contributed by atoms with Crippen LogP contribution in [0.1, 0.15) is 18.5 Å². The number of urea groups is 1. The number of nitrogens with one attached hydrogen (secondary N) is 2. The Hall–Kier alpha value is -1.95. The van der Waals surface area contributed by atoms with Crippen LogP contribution in [0.2, 0.25) is 5.02 Å². The molecule has 1 saturated heterocycles. The van der Waals surface area contributed by atoms with Gasteiger partial charge >= 0.3 is 6.03 Å². The van der Waals surface area contributed by atoms with Crippen LogP contribution in [0.4, 0.5) is 4.79 Å². The van der Waals surface area contributed by atoms with Gasteiger partial charge in [0.05, 0.1) is 19.2 Å². The van der Waals surface area contributed by atoms with Gasteiger partial charge in [0, 0.05) is 12.1 Å². The molecule has 20 heavy (non-hydrogen) atoms. The highest BCUT2D eigenvalue weighted by atomic mass is 35.5. The van der Waals surface area contributed by atoms with Crippen molar-refractivity contribution in [3.05, 3.63) is 22.7 Å². The molecule has 2 amide bonds. The quantitative estimate of drug-likeness (QED) is 0.896. The number of halogens is 1. The third-order valence-electron chi connectivity index (χ3n) is 3.24. The molecule has 1 heterocycles. The molecule has 6 nitrogen and oxygen atoms in total. The first-order valence-corrected chi connectivity index (χ1v) is 6.49. The number of hydrogen-bond donors (Lipinski definition) is 2. The summed E-state index contributed by atoms with van der Waals surface area (Å²) in [4.78, 5) is 13.3. The highest BCUT2D eigenvalue weighted by molar-refractivity contribution is 6.33. The van der Waals surface area contributed by atoms with E-state index in [4.69, 9.17) is 26.5 Å². The molecule has 108 valence electrons. The summed E-state index contributed by atoms with van der Waals surface area (Å²) in [6, 6.07) is 2.63. The fourth-order valence-corrected chi connectivity index (χ4v) is 2.63. The van der Waals surface area contributed by atoms with Crippen LogP contribution in [0.5, 0.6) is 11.5 Å². The molecule has 0 spiro atoms. The lowest BCUT2D eigenvalue weighted by Gasteiger charge is -2.23. The molecule has 1 fully saturated rings. The summed E-state index contributed by atoms with van der Waals surface area (Å²) in [6.07, 6.45) is 0. The molecule has 7 heteroatoms. The molecule has 0 aromatic heterocycles. The maximum Gasteiger partial charge on any atom is 0.323 e. The first kappa shape index (κ1) is 14.5. The summed E-state index contributed by atoms with van der Waals surface area (Å²) in [5.74, 6) is 1.01. The van der Waals surface area contributed by atoms with Gasteiger partial charge < -0.3 is 14.4 Å². The van der Waals surface area contributed by atoms with Crippen molar-refractivity contribution in [2.45, 2.75) is 13.0 Å². The van der Waals surface area contributed by atoms with E-state index in [1.165, 1.54) is 19.1 Å². The fourth-order valence-electron chi connectivity index (χ4n) is 2.29. The van der Waals surface area contributed by atoms with E-state index < -0.39 is 6.04 Å². The highest BCUT2D eigenvalue weighted by Crippen LogP contribution is 2.41. The second kappa shape index (κ2) is 5.58. The van der Waals surface area contributed by atoms with Gasteiger partial charge in [-0.05, 0) is 13.0 Å². The van der Waals surface area contributed by atoms with Gasteiger partial charge in [-0.25, -0.2) is 4.79 Å². The van der Waals surface area contributed by atoms with Gasteiger partial charge in [0.2, 0.25) is 0 Å². The average Bonchev–Trinajstić information content (AvgIpc) is 2.72. The topological polar surface area (TPSA) is 74.7 Å². The number of hydrogen-bond acceptors (Lipinski definition) is 4. The predicted molar refractivity (Wildman–Crippen MR) is 75.9 cm³/mol. The Morgan fingerprint density at radius 2 is 2.10 bits per heavy atom. The third kappa shape index (κ3) is 2.16. The summed E-state index contributed by atoms with van der Waals surface area (Å²) < 4.78 is 10.4. The van der Waals surface area contributed by atoms with Crippen LogP contribution in [0, 0.1) is 5.41 Å². The maximum absolute atomic E-state index is 11.8. The number of amides is 2. The Bertz CT molecular complexity index is 562. The van der Waals surface area contributed by atoms with Crippen molar-refractivity contribution < 1.29 is 14.3 Å². The molecule has 0 saturated carbocycles. The van der Waals surface area contributed by atoms with E-state index >= 15 is 0 Å². The van der Waals surface area contributed by atoms with E-state index in [1.54, 1.807) is 12.1 Å². The molecule has 1 aliphatic rings. The lowest BCUT2D eigenvalue weighted by atomic mass is 10.0. The zero-order valence-corrected chi connectivity index (χ0v) is 12.2. The Balaban J connectivity index is 2.52. The summed E-state index contributed by atoms with van der Waals surface area (Å²) in [6.45, 7) is 2.32. The standard InChI is InChI=1S/C13H16ClN3O3/c1-4-17-10(12(15)16-13(17)18)7-5-6-8(19-2)11(20-3)9(7)14/h5-6,10H,4H2,1-3H3,(H2,15,16,18). The molecule has 2 N–H and O–H groups in total. The number of carbonyl (C=O) groups excluding carboxylic acids is 1. The number of nitrogens with zero attached hydrogens (tertiary/aromatic N) is 1. The number of carbonyl (C=O) groups is 1. The Morgan fingerprint density at radius 1 is 1.40 bits per heavy atom. The van der Waals surface area contributed by atoms with E-state index in [1.807, 2.05) is 6.92 Å². The van der Waals surface area contributed by atoms with Crippen molar-refractivity contribution in [2.24, 2.45) is 0 Å². The van der Waals surface area contributed by atoms with Crippen molar-refractivity contribution in [2.75, 3.05) is 20.8 Å². The van der Waals surface area contributed by atoms with E-state index in [9.17, 15) is 4.79 Å².